The zero-order chi connectivity index (χ0) is 21.0. The molecule has 9 nitrogen and oxygen atoms in total. The third-order valence-corrected chi connectivity index (χ3v) is 6.32. The summed E-state index contributed by atoms with van der Waals surface area (Å²) in [6, 6.07) is 5.65. The quantitative estimate of drug-likeness (QED) is 0.551. The Balaban J connectivity index is 1.51. The van der Waals surface area contributed by atoms with Crippen molar-refractivity contribution in [2.75, 3.05) is 37.5 Å². The van der Waals surface area contributed by atoms with E-state index in [0.29, 0.717) is 19.5 Å². The van der Waals surface area contributed by atoms with E-state index >= 15 is 0 Å². The topological polar surface area (TPSA) is 125 Å². The van der Waals surface area contributed by atoms with Crippen molar-refractivity contribution in [3.05, 3.63) is 35.4 Å². The Hall–Kier alpha value is -2.11. The summed E-state index contributed by atoms with van der Waals surface area (Å²) in [7, 11) is -3.68. The fraction of sp³-hybridized carbons (Fsp3) is 0.500. The third-order valence-electron chi connectivity index (χ3n) is 4.80. The summed E-state index contributed by atoms with van der Waals surface area (Å²) >= 11 is 1.75. The van der Waals surface area contributed by atoms with Crippen LogP contribution >= 0.6 is 11.8 Å². The predicted molar refractivity (Wildman–Crippen MR) is 110 cm³/mol. The fourth-order valence-corrected chi connectivity index (χ4v) is 4.74. The Morgan fingerprint density at radius 3 is 2.62 bits per heavy atom. The average molecular weight is 441 g/mol. The minimum atomic E-state index is -3.68. The highest BCUT2D eigenvalue weighted by Gasteiger charge is 2.33. The molecule has 2 saturated heterocycles. The highest BCUT2D eigenvalue weighted by Crippen LogP contribution is 2.20. The van der Waals surface area contributed by atoms with E-state index in [2.05, 4.69) is 10.6 Å². The number of nitrogens with zero attached hydrogens (tertiary/aromatic N) is 1. The van der Waals surface area contributed by atoms with Gasteiger partial charge in [-0.15, -0.1) is 11.8 Å². The molecule has 2 atom stereocenters. The lowest BCUT2D eigenvalue weighted by Crippen LogP contribution is -2.42. The second kappa shape index (κ2) is 9.14. The van der Waals surface area contributed by atoms with Crippen LogP contribution in [0.2, 0.25) is 0 Å². The van der Waals surface area contributed by atoms with E-state index in [-0.39, 0.29) is 34.9 Å². The standard InChI is InChI=1S/C18H24N4O5S2/c1-29(26,27)21-17(24)14-4-2-3-13(8-14)16(23)20-10-12-7-15(19-9-12)18(25)22-5-6-28-11-22/h2-4,8,12,15,19H,5-7,9-11H2,1H3,(H,20,23)(H,21,24). The molecule has 29 heavy (non-hydrogen) atoms. The first-order valence-corrected chi connectivity index (χ1v) is 12.3. The maximum absolute atomic E-state index is 12.4. The van der Waals surface area contributed by atoms with Gasteiger partial charge in [-0.3, -0.25) is 14.4 Å². The van der Waals surface area contributed by atoms with Crippen LogP contribution in [0.25, 0.3) is 0 Å². The summed E-state index contributed by atoms with van der Waals surface area (Å²) in [5.74, 6) is 0.822. The number of benzene rings is 1. The van der Waals surface area contributed by atoms with Crippen LogP contribution in [0.5, 0.6) is 0 Å². The Kier molecular flexibility index (Phi) is 6.81. The molecule has 2 heterocycles. The SMILES string of the molecule is CS(=O)(=O)NC(=O)c1cccc(C(=O)NCC2CNC(C(=O)N3CCSC3)C2)c1. The fourth-order valence-electron chi connectivity index (χ4n) is 3.33. The molecule has 2 aliphatic heterocycles. The van der Waals surface area contributed by atoms with E-state index in [9.17, 15) is 22.8 Å². The molecule has 2 fully saturated rings. The monoisotopic (exact) mass is 440 g/mol. The molecule has 3 N–H and O–H groups in total. The van der Waals surface area contributed by atoms with Crippen molar-refractivity contribution in [3.8, 4) is 0 Å². The number of carbonyl (C=O) groups excluding carboxylic acids is 3. The smallest absolute Gasteiger partial charge is 0.264 e. The molecular weight excluding hydrogens is 416 g/mol. The molecule has 3 rings (SSSR count). The Morgan fingerprint density at radius 2 is 1.97 bits per heavy atom. The number of hydrogen-bond acceptors (Lipinski definition) is 7. The van der Waals surface area contributed by atoms with Gasteiger partial charge in [-0.1, -0.05) is 6.07 Å². The zero-order valence-electron chi connectivity index (χ0n) is 16.0. The van der Waals surface area contributed by atoms with E-state index in [1.807, 2.05) is 9.62 Å². The lowest BCUT2D eigenvalue weighted by Gasteiger charge is -2.19. The molecule has 0 aromatic heterocycles. The van der Waals surface area contributed by atoms with Crippen molar-refractivity contribution in [2.24, 2.45) is 5.92 Å². The number of nitrogens with one attached hydrogen (secondary N) is 3. The summed E-state index contributed by atoms with van der Waals surface area (Å²) in [5.41, 5.74) is 0.346. The second-order valence-corrected chi connectivity index (χ2v) is 10.0. The summed E-state index contributed by atoms with van der Waals surface area (Å²) in [5, 5.41) is 6.06. The van der Waals surface area contributed by atoms with Crippen LogP contribution in [0.4, 0.5) is 0 Å². The minimum absolute atomic E-state index is 0.0831. The number of rotatable bonds is 6. The number of thioether (sulfide) groups is 1. The Bertz CT molecular complexity index is 899. The van der Waals surface area contributed by atoms with Gasteiger partial charge in [0.25, 0.3) is 11.8 Å². The van der Waals surface area contributed by atoms with Gasteiger partial charge >= 0.3 is 0 Å². The van der Waals surface area contributed by atoms with E-state index in [0.717, 1.165) is 24.4 Å². The van der Waals surface area contributed by atoms with Crippen LogP contribution in [-0.4, -0.2) is 74.6 Å². The van der Waals surface area contributed by atoms with Crippen LogP contribution in [-0.2, 0) is 14.8 Å². The van der Waals surface area contributed by atoms with Crippen molar-refractivity contribution in [1.82, 2.24) is 20.3 Å². The summed E-state index contributed by atoms with van der Waals surface area (Å²) in [6.45, 7) is 1.84. The van der Waals surface area contributed by atoms with Crippen LogP contribution in [0, 0.1) is 5.92 Å². The molecule has 2 unspecified atom stereocenters. The number of hydrogen-bond donors (Lipinski definition) is 3. The summed E-state index contributed by atoms with van der Waals surface area (Å²) < 4.78 is 24.3. The predicted octanol–water partition coefficient (Wildman–Crippen LogP) is -0.383. The van der Waals surface area contributed by atoms with Gasteiger partial charge in [-0.25, -0.2) is 13.1 Å². The van der Waals surface area contributed by atoms with Gasteiger partial charge in [0.1, 0.15) is 0 Å². The molecule has 1 aromatic rings. The lowest BCUT2D eigenvalue weighted by molar-refractivity contribution is -0.131. The number of amides is 3. The number of sulfonamides is 1. The third kappa shape index (κ3) is 5.94. The van der Waals surface area contributed by atoms with Gasteiger partial charge in [0.2, 0.25) is 15.9 Å². The highest BCUT2D eigenvalue weighted by atomic mass is 32.2. The molecule has 11 heteroatoms. The zero-order valence-corrected chi connectivity index (χ0v) is 17.6. The Labute approximate surface area is 174 Å². The van der Waals surface area contributed by atoms with E-state index in [4.69, 9.17) is 0 Å². The van der Waals surface area contributed by atoms with E-state index < -0.39 is 15.9 Å². The van der Waals surface area contributed by atoms with Crippen LogP contribution in [0.3, 0.4) is 0 Å². The van der Waals surface area contributed by atoms with Crippen molar-refractivity contribution >= 4 is 39.5 Å². The van der Waals surface area contributed by atoms with Crippen LogP contribution in [0.15, 0.2) is 24.3 Å². The van der Waals surface area contributed by atoms with Gasteiger partial charge in [0.15, 0.2) is 0 Å². The van der Waals surface area contributed by atoms with Gasteiger partial charge in [0, 0.05) is 36.5 Å². The van der Waals surface area contributed by atoms with Crippen LogP contribution < -0.4 is 15.4 Å². The lowest BCUT2D eigenvalue weighted by atomic mass is 10.0. The Morgan fingerprint density at radius 1 is 1.24 bits per heavy atom. The van der Waals surface area contributed by atoms with Gasteiger partial charge in [0.05, 0.1) is 18.2 Å². The first kappa shape index (κ1) is 21.6. The van der Waals surface area contributed by atoms with Crippen molar-refractivity contribution < 1.29 is 22.8 Å². The number of carbonyl (C=O) groups is 3. The van der Waals surface area contributed by atoms with Gasteiger partial charge < -0.3 is 15.5 Å². The maximum Gasteiger partial charge on any atom is 0.264 e. The molecule has 0 aliphatic carbocycles. The average Bonchev–Trinajstić information content (AvgIpc) is 3.36. The van der Waals surface area contributed by atoms with Crippen LogP contribution in [0.1, 0.15) is 27.1 Å². The molecule has 0 bridgehead atoms. The normalized spacial score (nSPS) is 21.8. The first-order valence-electron chi connectivity index (χ1n) is 9.23. The summed E-state index contributed by atoms with van der Waals surface area (Å²) in [4.78, 5) is 38.7. The van der Waals surface area contributed by atoms with E-state index in [1.54, 1.807) is 17.8 Å². The molecule has 158 valence electrons. The maximum atomic E-state index is 12.4. The van der Waals surface area contributed by atoms with Crippen molar-refractivity contribution in [2.45, 2.75) is 12.5 Å². The molecule has 0 radical (unpaired) electrons. The highest BCUT2D eigenvalue weighted by molar-refractivity contribution is 7.99. The van der Waals surface area contributed by atoms with Crippen molar-refractivity contribution in [3.63, 3.8) is 0 Å². The molecular formula is C18H24N4O5S2. The van der Waals surface area contributed by atoms with Gasteiger partial charge in [-0.05, 0) is 30.5 Å². The minimum Gasteiger partial charge on any atom is -0.352 e. The van der Waals surface area contributed by atoms with Crippen molar-refractivity contribution in [1.29, 1.82) is 0 Å². The molecule has 2 aliphatic rings. The van der Waals surface area contributed by atoms with Gasteiger partial charge in [-0.2, -0.15) is 0 Å². The van der Waals surface area contributed by atoms with E-state index in [1.165, 1.54) is 18.2 Å². The molecule has 1 aromatic carbocycles. The largest absolute Gasteiger partial charge is 0.352 e. The molecule has 0 spiro atoms. The summed E-state index contributed by atoms with van der Waals surface area (Å²) in [6.07, 6.45) is 1.55. The second-order valence-electron chi connectivity index (χ2n) is 7.20. The molecule has 0 saturated carbocycles. The first-order chi connectivity index (χ1) is 13.7. The molecule has 3 amide bonds.